The van der Waals surface area contributed by atoms with Gasteiger partial charge in [-0.1, -0.05) is 30.3 Å². The Kier molecular flexibility index (Phi) is 7.50. The van der Waals surface area contributed by atoms with Gasteiger partial charge in [0.25, 0.3) is 0 Å². The van der Waals surface area contributed by atoms with Crippen LogP contribution in [-0.2, 0) is 16.1 Å². The number of ether oxygens (including phenoxy) is 1. The minimum Gasteiger partial charge on any atom is -0.388 e. The van der Waals surface area contributed by atoms with Crippen LogP contribution < -0.4 is 16.0 Å². The molecule has 0 saturated carbocycles. The molecule has 1 heterocycles. The summed E-state index contributed by atoms with van der Waals surface area (Å²) in [6.45, 7) is 0.116. The molecule has 0 radical (unpaired) electrons. The van der Waals surface area contributed by atoms with Crippen LogP contribution >= 0.6 is 0 Å². The maximum absolute atomic E-state index is 13.6. The second kappa shape index (κ2) is 10.3. The Hall–Kier alpha value is -3.08. The maximum atomic E-state index is 13.6. The highest BCUT2D eigenvalue weighted by atomic mass is 19.1. The van der Waals surface area contributed by atoms with Gasteiger partial charge in [0, 0.05) is 19.2 Å². The summed E-state index contributed by atoms with van der Waals surface area (Å²) in [5, 5.41) is 27.6. The zero-order chi connectivity index (χ0) is 22.4. The summed E-state index contributed by atoms with van der Waals surface area (Å²) in [7, 11) is 0. The van der Waals surface area contributed by atoms with Crippen molar-refractivity contribution in [3.63, 3.8) is 0 Å². The average Bonchev–Trinajstić information content (AvgIpc) is 3.01. The van der Waals surface area contributed by atoms with Gasteiger partial charge in [-0.05, 0) is 17.7 Å². The normalized spacial score (nSPS) is 22.7. The third kappa shape index (κ3) is 6.20. The van der Waals surface area contributed by atoms with E-state index >= 15 is 0 Å². The summed E-state index contributed by atoms with van der Waals surface area (Å²) in [5.74, 6) is -2.08. The largest absolute Gasteiger partial charge is 0.388 e. The number of carbonyl (C=O) groups is 2. The van der Waals surface area contributed by atoms with Gasteiger partial charge in [-0.2, -0.15) is 0 Å². The van der Waals surface area contributed by atoms with Crippen LogP contribution in [0.3, 0.4) is 0 Å². The molecule has 0 bridgehead atoms. The molecular weight excluding hydrogens is 412 g/mol. The minimum absolute atomic E-state index is 0.172. The van der Waals surface area contributed by atoms with E-state index in [4.69, 9.17) is 4.74 Å². The van der Waals surface area contributed by atoms with Gasteiger partial charge in [-0.15, -0.1) is 0 Å². The van der Waals surface area contributed by atoms with Crippen LogP contribution in [0.1, 0.15) is 12.0 Å². The molecule has 31 heavy (non-hydrogen) atoms. The van der Waals surface area contributed by atoms with Crippen molar-refractivity contribution in [2.45, 2.75) is 37.4 Å². The van der Waals surface area contributed by atoms with Crippen molar-refractivity contribution < 1.29 is 33.3 Å². The lowest BCUT2D eigenvalue weighted by atomic mass is 10.1. The fourth-order valence-corrected chi connectivity index (χ4v) is 3.17. The summed E-state index contributed by atoms with van der Waals surface area (Å²) in [6, 6.07) is 11.2. The van der Waals surface area contributed by atoms with E-state index in [1.807, 2.05) is 30.3 Å². The van der Waals surface area contributed by atoms with Crippen LogP contribution in [0, 0.1) is 11.6 Å². The van der Waals surface area contributed by atoms with Gasteiger partial charge < -0.3 is 30.9 Å². The molecule has 1 fully saturated rings. The number of carbonyl (C=O) groups excluding carboxylic acids is 2. The van der Waals surface area contributed by atoms with Crippen molar-refractivity contribution >= 4 is 17.6 Å². The Balaban J connectivity index is 1.45. The Labute approximate surface area is 177 Å². The smallest absolute Gasteiger partial charge is 0.319 e. The number of urea groups is 1. The van der Waals surface area contributed by atoms with E-state index in [1.54, 1.807) is 0 Å². The standard InChI is InChI=1S/C21H23F2N3O5/c22-13-6-7-15(14(23)8-13)26-21(30)25-11-17-20(29)19(28)16(31-17)9-18(27)24-10-12-4-2-1-3-5-12/h1-8,16-17,19-20,28-29H,9-11H2,(H,24,27)(H2,25,26,30)/t16-,17+,19-,20+/m0/s1. The number of amides is 3. The summed E-state index contributed by atoms with van der Waals surface area (Å²) in [4.78, 5) is 24.1. The predicted octanol–water partition coefficient (Wildman–Crippen LogP) is 1.28. The van der Waals surface area contributed by atoms with Crippen LogP contribution in [0.15, 0.2) is 48.5 Å². The fourth-order valence-electron chi connectivity index (χ4n) is 3.17. The van der Waals surface area contributed by atoms with Gasteiger partial charge >= 0.3 is 6.03 Å². The number of aliphatic hydroxyl groups excluding tert-OH is 2. The van der Waals surface area contributed by atoms with Crippen molar-refractivity contribution in [2.75, 3.05) is 11.9 Å². The highest BCUT2D eigenvalue weighted by Crippen LogP contribution is 2.23. The molecule has 0 aliphatic carbocycles. The van der Waals surface area contributed by atoms with Gasteiger partial charge in [0.15, 0.2) is 0 Å². The molecule has 166 valence electrons. The molecule has 8 nitrogen and oxygen atoms in total. The van der Waals surface area contributed by atoms with E-state index in [-0.39, 0.29) is 24.6 Å². The number of aliphatic hydroxyl groups is 2. The highest BCUT2D eigenvalue weighted by molar-refractivity contribution is 5.89. The topological polar surface area (TPSA) is 120 Å². The molecule has 1 aliphatic rings. The number of hydrogen-bond acceptors (Lipinski definition) is 5. The molecule has 1 saturated heterocycles. The van der Waals surface area contributed by atoms with Crippen molar-refractivity contribution in [3.05, 3.63) is 65.7 Å². The lowest BCUT2D eigenvalue weighted by Gasteiger charge is -2.16. The fraction of sp³-hybridized carbons (Fsp3) is 0.333. The molecule has 3 rings (SSSR count). The minimum atomic E-state index is -1.32. The van der Waals surface area contributed by atoms with Crippen LogP contribution in [0.5, 0.6) is 0 Å². The number of nitrogens with one attached hydrogen (secondary N) is 3. The number of benzene rings is 2. The van der Waals surface area contributed by atoms with Gasteiger partial charge in [0.05, 0.1) is 18.2 Å². The maximum Gasteiger partial charge on any atom is 0.319 e. The van der Waals surface area contributed by atoms with Gasteiger partial charge in [-0.25, -0.2) is 13.6 Å². The third-order valence-corrected chi connectivity index (χ3v) is 4.82. The van der Waals surface area contributed by atoms with Gasteiger partial charge in [0.2, 0.25) is 5.91 Å². The molecule has 0 spiro atoms. The SMILES string of the molecule is O=C(C[C@@H]1O[C@H](CNC(=O)Nc2ccc(F)cc2F)[C@@H](O)[C@H]1O)NCc1ccccc1. The Bertz CT molecular complexity index is 915. The van der Waals surface area contributed by atoms with Crippen molar-refractivity contribution in [1.29, 1.82) is 0 Å². The Morgan fingerprint density at radius 2 is 1.68 bits per heavy atom. The van der Waals surface area contributed by atoms with Crippen molar-refractivity contribution in [3.8, 4) is 0 Å². The summed E-state index contributed by atoms with van der Waals surface area (Å²) < 4.78 is 32.0. The molecule has 5 N–H and O–H groups in total. The summed E-state index contributed by atoms with van der Waals surface area (Å²) >= 11 is 0. The van der Waals surface area contributed by atoms with Crippen molar-refractivity contribution in [2.24, 2.45) is 0 Å². The Morgan fingerprint density at radius 1 is 0.968 bits per heavy atom. The molecule has 4 atom stereocenters. The number of anilines is 1. The van der Waals surface area contributed by atoms with Gasteiger partial charge in [-0.3, -0.25) is 4.79 Å². The van der Waals surface area contributed by atoms with Crippen molar-refractivity contribution in [1.82, 2.24) is 10.6 Å². The number of halogens is 2. The van der Waals surface area contributed by atoms with Crippen LogP contribution in [-0.4, -0.2) is 53.1 Å². The van der Waals surface area contributed by atoms with E-state index in [1.165, 1.54) is 0 Å². The zero-order valence-electron chi connectivity index (χ0n) is 16.4. The van der Waals surface area contributed by atoms with Crippen LogP contribution in [0.4, 0.5) is 19.3 Å². The zero-order valence-corrected chi connectivity index (χ0v) is 16.4. The molecule has 0 aromatic heterocycles. The lowest BCUT2D eigenvalue weighted by Crippen LogP contribution is -2.41. The molecular formula is C21H23F2N3O5. The number of hydrogen-bond donors (Lipinski definition) is 5. The van der Waals surface area contributed by atoms with Gasteiger partial charge in [0.1, 0.15) is 29.9 Å². The molecule has 2 aromatic carbocycles. The quantitative estimate of drug-likeness (QED) is 0.449. The second-order valence-electron chi connectivity index (χ2n) is 7.12. The first-order chi connectivity index (χ1) is 14.8. The van der Waals surface area contributed by atoms with E-state index in [9.17, 15) is 28.6 Å². The summed E-state index contributed by atoms with van der Waals surface area (Å²) in [6.07, 6.45) is -4.73. The molecule has 2 aromatic rings. The third-order valence-electron chi connectivity index (χ3n) is 4.82. The van der Waals surface area contributed by atoms with E-state index in [2.05, 4.69) is 16.0 Å². The molecule has 10 heteroatoms. The van der Waals surface area contributed by atoms with E-state index in [0.29, 0.717) is 12.6 Å². The number of rotatable bonds is 7. The molecule has 1 aliphatic heterocycles. The first-order valence-electron chi connectivity index (χ1n) is 9.65. The highest BCUT2D eigenvalue weighted by Gasteiger charge is 2.43. The average molecular weight is 435 g/mol. The van der Waals surface area contributed by atoms with E-state index < -0.39 is 42.1 Å². The first-order valence-corrected chi connectivity index (χ1v) is 9.65. The molecule has 0 unspecified atom stereocenters. The Morgan fingerprint density at radius 3 is 2.39 bits per heavy atom. The lowest BCUT2D eigenvalue weighted by molar-refractivity contribution is -0.125. The van der Waals surface area contributed by atoms with Crippen LogP contribution in [0.2, 0.25) is 0 Å². The predicted molar refractivity (Wildman–Crippen MR) is 107 cm³/mol. The monoisotopic (exact) mass is 435 g/mol. The summed E-state index contributed by atoms with van der Waals surface area (Å²) in [5.41, 5.74) is 0.689. The first kappa shape index (κ1) is 22.6. The van der Waals surface area contributed by atoms with E-state index in [0.717, 1.165) is 17.7 Å². The second-order valence-corrected chi connectivity index (χ2v) is 7.12. The molecule has 3 amide bonds. The van der Waals surface area contributed by atoms with Crippen LogP contribution in [0.25, 0.3) is 0 Å².